The maximum absolute atomic E-state index is 12.3. The van der Waals surface area contributed by atoms with Crippen molar-refractivity contribution in [2.24, 2.45) is 7.05 Å². The average Bonchev–Trinajstić information content (AvgIpc) is 2.69. The number of piperazine rings is 1. The number of aryl methyl sites for hydroxylation is 2. The van der Waals surface area contributed by atoms with Crippen molar-refractivity contribution in [2.75, 3.05) is 38.1 Å². The van der Waals surface area contributed by atoms with Gasteiger partial charge in [-0.1, -0.05) is 15.9 Å². The van der Waals surface area contributed by atoms with Crippen molar-refractivity contribution >= 4 is 21.8 Å². The number of nitrogens with zero attached hydrogens (tertiary/aromatic N) is 4. The quantitative estimate of drug-likeness (QED) is 0.778. The number of hydrogen-bond donors (Lipinski definition) is 0. The van der Waals surface area contributed by atoms with Gasteiger partial charge < -0.3 is 4.90 Å². The van der Waals surface area contributed by atoms with E-state index in [-0.39, 0.29) is 5.91 Å². The summed E-state index contributed by atoms with van der Waals surface area (Å²) in [6.45, 7) is 6.45. The minimum absolute atomic E-state index is 0.110. The summed E-state index contributed by atoms with van der Waals surface area (Å²) in [6, 6.07) is 0. The lowest BCUT2D eigenvalue weighted by Crippen LogP contribution is -2.49. The van der Waals surface area contributed by atoms with E-state index in [1.807, 2.05) is 25.1 Å². The van der Waals surface area contributed by atoms with Crippen LogP contribution < -0.4 is 0 Å². The molecule has 1 fully saturated rings. The lowest BCUT2D eigenvalue weighted by Gasteiger charge is -2.34. The van der Waals surface area contributed by atoms with Gasteiger partial charge in [0.15, 0.2) is 0 Å². The minimum Gasteiger partial charge on any atom is -0.336 e. The lowest BCUT2D eigenvalue weighted by atomic mass is 10.2. The van der Waals surface area contributed by atoms with Crippen LogP contribution in [-0.4, -0.2) is 63.5 Å². The third-order valence-electron chi connectivity index (χ3n) is 3.30. The van der Waals surface area contributed by atoms with Crippen molar-refractivity contribution in [3.05, 3.63) is 17.5 Å². The molecule has 0 N–H and O–H groups in total. The Morgan fingerprint density at radius 3 is 2.56 bits per heavy atom. The Hall–Kier alpha value is -0.880. The van der Waals surface area contributed by atoms with E-state index in [2.05, 4.69) is 25.9 Å². The van der Waals surface area contributed by atoms with Gasteiger partial charge in [0.05, 0.1) is 11.3 Å². The summed E-state index contributed by atoms with van der Waals surface area (Å²) in [6.07, 6.45) is 1.81. The zero-order chi connectivity index (χ0) is 13.1. The van der Waals surface area contributed by atoms with Crippen molar-refractivity contribution in [3.8, 4) is 0 Å². The fraction of sp³-hybridized carbons (Fsp3) is 0.667. The molecule has 0 aliphatic carbocycles. The van der Waals surface area contributed by atoms with Crippen molar-refractivity contribution in [1.29, 1.82) is 0 Å². The van der Waals surface area contributed by atoms with Crippen LogP contribution in [0.15, 0.2) is 6.20 Å². The van der Waals surface area contributed by atoms with E-state index in [4.69, 9.17) is 0 Å². The van der Waals surface area contributed by atoms with Gasteiger partial charge in [0.25, 0.3) is 5.91 Å². The van der Waals surface area contributed by atoms with Gasteiger partial charge in [0.2, 0.25) is 0 Å². The molecule has 2 heterocycles. The second-order valence-corrected chi connectivity index (χ2v) is 5.42. The fourth-order valence-corrected chi connectivity index (χ4v) is 2.78. The van der Waals surface area contributed by atoms with Gasteiger partial charge in [-0.2, -0.15) is 5.10 Å². The van der Waals surface area contributed by atoms with Gasteiger partial charge in [-0.15, -0.1) is 0 Å². The number of carbonyl (C=O) groups is 1. The van der Waals surface area contributed by atoms with Crippen LogP contribution in [0.25, 0.3) is 0 Å². The Morgan fingerprint density at radius 2 is 2.06 bits per heavy atom. The highest BCUT2D eigenvalue weighted by Gasteiger charge is 2.23. The Kier molecular flexibility index (Phi) is 4.40. The largest absolute Gasteiger partial charge is 0.336 e. The minimum atomic E-state index is 0.110. The fourth-order valence-electron chi connectivity index (χ4n) is 2.27. The molecule has 6 heteroatoms. The molecule has 18 heavy (non-hydrogen) atoms. The van der Waals surface area contributed by atoms with E-state index < -0.39 is 0 Å². The van der Waals surface area contributed by atoms with Crippen LogP contribution in [0, 0.1) is 6.92 Å². The number of carbonyl (C=O) groups excluding carboxylic acids is 1. The first kappa shape index (κ1) is 13.5. The van der Waals surface area contributed by atoms with E-state index in [0.29, 0.717) is 0 Å². The SMILES string of the molecule is Cc1nn(C)cc1C(=O)N1CCN(CCBr)CC1. The molecule has 0 bridgehead atoms. The van der Waals surface area contributed by atoms with Gasteiger partial charge in [0.1, 0.15) is 0 Å². The smallest absolute Gasteiger partial charge is 0.257 e. The van der Waals surface area contributed by atoms with Crippen LogP contribution >= 0.6 is 15.9 Å². The molecule has 0 unspecified atom stereocenters. The molecule has 100 valence electrons. The van der Waals surface area contributed by atoms with Crippen LogP contribution in [0.2, 0.25) is 0 Å². The summed E-state index contributed by atoms with van der Waals surface area (Å²) in [5.74, 6) is 0.110. The Bertz CT molecular complexity index is 424. The molecular formula is C12H19BrN4O. The third kappa shape index (κ3) is 2.92. The molecule has 0 radical (unpaired) electrons. The molecule has 1 amide bonds. The molecule has 1 aromatic heterocycles. The highest BCUT2D eigenvalue weighted by atomic mass is 79.9. The summed E-state index contributed by atoms with van der Waals surface area (Å²) in [7, 11) is 1.84. The molecule has 0 saturated carbocycles. The maximum Gasteiger partial charge on any atom is 0.257 e. The number of amides is 1. The normalized spacial score (nSPS) is 17.2. The van der Waals surface area contributed by atoms with Crippen LogP contribution in [0.4, 0.5) is 0 Å². The number of hydrogen-bond acceptors (Lipinski definition) is 3. The molecule has 1 aliphatic rings. The molecule has 0 spiro atoms. The Balaban J connectivity index is 1.97. The highest BCUT2D eigenvalue weighted by Crippen LogP contribution is 2.11. The first-order valence-corrected chi connectivity index (χ1v) is 7.32. The van der Waals surface area contributed by atoms with E-state index in [0.717, 1.165) is 49.3 Å². The van der Waals surface area contributed by atoms with Crippen LogP contribution in [0.3, 0.4) is 0 Å². The van der Waals surface area contributed by atoms with E-state index in [9.17, 15) is 4.79 Å². The summed E-state index contributed by atoms with van der Waals surface area (Å²) in [5, 5.41) is 5.21. The highest BCUT2D eigenvalue weighted by molar-refractivity contribution is 9.09. The number of rotatable bonds is 3. The van der Waals surface area contributed by atoms with Gasteiger partial charge in [-0.25, -0.2) is 0 Å². The van der Waals surface area contributed by atoms with Crippen molar-refractivity contribution in [1.82, 2.24) is 19.6 Å². The Morgan fingerprint density at radius 1 is 1.39 bits per heavy atom. The van der Waals surface area contributed by atoms with E-state index >= 15 is 0 Å². The van der Waals surface area contributed by atoms with Gasteiger partial charge >= 0.3 is 0 Å². The molecule has 1 saturated heterocycles. The summed E-state index contributed by atoms with van der Waals surface area (Å²) in [4.78, 5) is 16.6. The number of alkyl halides is 1. The van der Waals surface area contributed by atoms with Gasteiger partial charge in [-0.3, -0.25) is 14.4 Å². The average molecular weight is 315 g/mol. The van der Waals surface area contributed by atoms with E-state index in [1.54, 1.807) is 4.68 Å². The van der Waals surface area contributed by atoms with Crippen LogP contribution in [0.1, 0.15) is 16.1 Å². The van der Waals surface area contributed by atoms with Crippen molar-refractivity contribution < 1.29 is 4.79 Å². The molecule has 0 atom stereocenters. The molecule has 2 rings (SSSR count). The number of halogens is 1. The zero-order valence-corrected chi connectivity index (χ0v) is 12.5. The lowest BCUT2D eigenvalue weighted by molar-refractivity contribution is 0.0644. The summed E-state index contributed by atoms with van der Waals surface area (Å²) >= 11 is 3.44. The summed E-state index contributed by atoms with van der Waals surface area (Å²) in [5.41, 5.74) is 1.54. The zero-order valence-electron chi connectivity index (χ0n) is 10.9. The summed E-state index contributed by atoms with van der Waals surface area (Å²) < 4.78 is 1.70. The van der Waals surface area contributed by atoms with Gasteiger partial charge in [-0.05, 0) is 6.92 Å². The van der Waals surface area contributed by atoms with Crippen LogP contribution in [-0.2, 0) is 7.05 Å². The standard InChI is InChI=1S/C12H19BrN4O/c1-10-11(9-15(2)14-10)12(18)17-7-5-16(4-3-13)6-8-17/h9H,3-8H2,1-2H3. The first-order valence-electron chi connectivity index (χ1n) is 6.19. The van der Waals surface area contributed by atoms with Crippen LogP contribution in [0.5, 0.6) is 0 Å². The van der Waals surface area contributed by atoms with Gasteiger partial charge in [0, 0.05) is 51.3 Å². The van der Waals surface area contributed by atoms with Crippen molar-refractivity contribution in [3.63, 3.8) is 0 Å². The second kappa shape index (κ2) is 5.84. The molecule has 0 aromatic carbocycles. The maximum atomic E-state index is 12.3. The second-order valence-electron chi connectivity index (χ2n) is 4.62. The van der Waals surface area contributed by atoms with Crippen molar-refractivity contribution in [2.45, 2.75) is 6.92 Å². The monoisotopic (exact) mass is 314 g/mol. The predicted molar refractivity (Wildman–Crippen MR) is 74.1 cm³/mol. The van der Waals surface area contributed by atoms with E-state index in [1.165, 1.54) is 0 Å². The predicted octanol–water partition coefficient (Wildman–Crippen LogP) is 0.881. The Labute approximate surface area is 116 Å². The molecule has 1 aromatic rings. The number of aromatic nitrogens is 2. The first-order chi connectivity index (χ1) is 8.61. The topological polar surface area (TPSA) is 41.4 Å². The molecule has 1 aliphatic heterocycles. The molecule has 5 nitrogen and oxygen atoms in total. The molecular weight excluding hydrogens is 296 g/mol. The third-order valence-corrected chi connectivity index (χ3v) is 3.66.